The van der Waals surface area contributed by atoms with E-state index in [1.54, 1.807) is 0 Å². The van der Waals surface area contributed by atoms with Crippen molar-refractivity contribution in [2.24, 2.45) is 0 Å². The summed E-state index contributed by atoms with van der Waals surface area (Å²) in [5.74, 6) is 0.533. The number of hydrogen-bond donors (Lipinski definition) is 1. The molecule has 0 aromatic heterocycles. The van der Waals surface area contributed by atoms with E-state index in [4.69, 9.17) is 9.84 Å². The Labute approximate surface area is 125 Å². The van der Waals surface area contributed by atoms with E-state index in [-0.39, 0.29) is 25.5 Å². The van der Waals surface area contributed by atoms with E-state index in [0.29, 0.717) is 6.61 Å². The van der Waals surface area contributed by atoms with E-state index in [2.05, 4.69) is 27.7 Å². The van der Waals surface area contributed by atoms with Crippen molar-refractivity contribution in [2.75, 3.05) is 13.2 Å². The molecule has 0 aliphatic carbocycles. The molecule has 1 N–H and O–H groups in total. The maximum atomic E-state index is 10.0. The molecule has 18 heavy (non-hydrogen) atoms. The minimum Gasteiger partial charge on any atom is -0.480 e. The number of carbonyl (C=O) groups is 1. The van der Waals surface area contributed by atoms with Crippen LogP contribution in [0.1, 0.15) is 66.2 Å². The molecule has 0 atom stereocenters. The van der Waals surface area contributed by atoms with E-state index in [1.807, 2.05) is 0 Å². The first-order valence-electron chi connectivity index (χ1n) is 6.57. The first-order valence-corrected chi connectivity index (χ1v) is 6.57. The van der Waals surface area contributed by atoms with E-state index in [9.17, 15) is 4.79 Å². The number of aliphatic carboxylic acids is 1. The summed E-state index contributed by atoms with van der Waals surface area (Å²) in [7, 11) is 0. The first-order chi connectivity index (χ1) is 8.00. The van der Waals surface area contributed by atoms with E-state index in [0.717, 1.165) is 12.8 Å². The minimum absolute atomic E-state index is 0. The second-order valence-electron chi connectivity index (χ2n) is 4.71. The molecule has 0 unspecified atom stereocenters. The molecule has 0 aromatic rings. The van der Waals surface area contributed by atoms with Crippen LogP contribution in [-0.2, 0) is 9.53 Å². The average molecular weight is 252 g/mol. The zero-order chi connectivity index (χ0) is 13.5. The number of carboxylic acids is 1. The molecule has 0 amide bonds. The van der Waals surface area contributed by atoms with Crippen LogP contribution < -0.4 is 18.9 Å². The van der Waals surface area contributed by atoms with Crippen LogP contribution in [0.25, 0.3) is 0 Å². The Morgan fingerprint density at radius 3 is 1.94 bits per heavy atom. The standard InChI is InChI=1S/C10H20O3.C4H9.Li/c1-2-3-4-5-6-7-8-13-9-10(11)12;1-4(2)3;/h2-9H2,1H3,(H,11,12);1-3H3;/q;-1;+1. The van der Waals surface area contributed by atoms with Crippen LogP contribution in [0.2, 0.25) is 0 Å². The van der Waals surface area contributed by atoms with Crippen molar-refractivity contribution in [2.45, 2.75) is 66.2 Å². The summed E-state index contributed by atoms with van der Waals surface area (Å²) in [6.45, 7) is 8.86. The Morgan fingerprint density at radius 2 is 1.50 bits per heavy atom. The van der Waals surface area contributed by atoms with Gasteiger partial charge in [0, 0.05) is 6.61 Å². The summed E-state index contributed by atoms with van der Waals surface area (Å²) in [5.41, 5.74) is 0. The summed E-state index contributed by atoms with van der Waals surface area (Å²) >= 11 is 0. The minimum atomic E-state index is -0.883. The molecule has 3 nitrogen and oxygen atoms in total. The summed E-state index contributed by atoms with van der Waals surface area (Å²) in [6, 6.07) is 0. The van der Waals surface area contributed by atoms with Crippen LogP contribution >= 0.6 is 0 Å². The maximum Gasteiger partial charge on any atom is 1.00 e. The molecule has 4 heteroatoms. The molecule has 0 aromatic carbocycles. The SMILES string of the molecule is CCCCCCCCOCC(=O)O.C[C-](C)C.[Li+]. The second kappa shape index (κ2) is 19.4. The van der Waals surface area contributed by atoms with Crippen LogP contribution in [0, 0.1) is 5.92 Å². The zero-order valence-corrected chi connectivity index (χ0v) is 12.9. The first kappa shape index (κ1) is 23.1. The Kier molecular flexibility index (Phi) is 24.9. The van der Waals surface area contributed by atoms with Gasteiger partial charge in [0.15, 0.2) is 0 Å². The van der Waals surface area contributed by atoms with Crippen molar-refractivity contribution in [1.29, 1.82) is 0 Å². The fourth-order valence-electron chi connectivity index (χ4n) is 1.14. The van der Waals surface area contributed by atoms with Crippen LogP contribution in [0.4, 0.5) is 0 Å². The molecule has 0 aliphatic rings. The predicted molar refractivity (Wildman–Crippen MR) is 72.1 cm³/mol. The molecule has 0 saturated heterocycles. The average Bonchev–Trinajstić information content (AvgIpc) is 2.21. The molecule has 0 rings (SSSR count). The number of ether oxygens (including phenoxy) is 1. The van der Waals surface area contributed by atoms with Gasteiger partial charge in [0.05, 0.1) is 0 Å². The molecule has 0 bridgehead atoms. The molecular weight excluding hydrogens is 223 g/mol. The maximum absolute atomic E-state index is 10.0. The Balaban J connectivity index is -0.000000392. The summed E-state index contributed by atoms with van der Waals surface area (Å²) in [6.07, 6.45) is 7.22. The molecule has 0 aliphatic heterocycles. The fourth-order valence-corrected chi connectivity index (χ4v) is 1.14. The molecule has 0 saturated carbocycles. The molecular formula is C14H29LiO3. The zero-order valence-electron chi connectivity index (χ0n) is 12.9. The van der Waals surface area contributed by atoms with E-state index >= 15 is 0 Å². The topological polar surface area (TPSA) is 46.5 Å². The third-order valence-electron chi connectivity index (χ3n) is 1.87. The van der Waals surface area contributed by atoms with Crippen molar-refractivity contribution in [3.05, 3.63) is 5.92 Å². The quantitative estimate of drug-likeness (QED) is 0.379. The molecule has 104 valence electrons. The summed E-state index contributed by atoms with van der Waals surface area (Å²) in [4.78, 5) is 10.0. The molecule has 0 spiro atoms. The van der Waals surface area contributed by atoms with Gasteiger partial charge in [0.1, 0.15) is 6.61 Å². The predicted octanol–water partition coefficient (Wildman–Crippen LogP) is 1.07. The normalized spacial score (nSPS) is 9.39. The van der Waals surface area contributed by atoms with E-state index in [1.165, 1.54) is 31.6 Å². The fraction of sp³-hybridized carbons (Fsp3) is 0.857. The van der Waals surface area contributed by atoms with Gasteiger partial charge in [0.2, 0.25) is 0 Å². The van der Waals surface area contributed by atoms with Crippen molar-refractivity contribution in [1.82, 2.24) is 0 Å². The van der Waals surface area contributed by atoms with Gasteiger partial charge in [-0.25, -0.2) is 4.79 Å². The second-order valence-corrected chi connectivity index (χ2v) is 4.71. The van der Waals surface area contributed by atoms with Crippen molar-refractivity contribution in [3.8, 4) is 0 Å². The summed E-state index contributed by atoms with van der Waals surface area (Å²) < 4.78 is 4.90. The van der Waals surface area contributed by atoms with Crippen LogP contribution in [0.5, 0.6) is 0 Å². The van der Waals surface area contributed by atoms with Crippen LogP contribution in [0.15, 0.2) is 0 Å². The number of carboxylic acid groups (broad SMARTS) is 1. The van der Waals surface area contributed by atoms with Gasteiger partial charge in [0.25, 0.3) is 0 Å². The van der Waals surface area contributed by atoms with Gasteiger partial charge < -0.3 is 15.8 Å². The molecule has 0 heterocycles. The van der Waals surface area contributed by atoms with Crippen molar-refractivity contribution >= 4 is 5.97 Å². The van der Waals surface area contributed by atoms with Crippen molar-refractivity contribution in [3.63, 3.8) is 0 Å². The largest absolute Gasteiger partial charge is 1.00 e. The van der Waals surface area contributed by atoms with Gasteiger partial charge in [-0.3, -0.25) is 0 Å². The Bertz CT molecular complexity index is 158. The van der Waals surface area contributed by atoms with Crippen molar-refractivity contribution < 1.29 is 33.5 Å². The smallest absolute Gasteiger partial charge is 0.480 e. The number of rotatable bonds is 9. The third kappa shape index (κ3) is 36.0. The van der Waals surface area contributed by atoms with Gasteiger partial charge in [-0.05, 0) is 6.42 Å². The van der Waals surface area contributed by atoms with Crippen LogP contribution in [-0.4, -0.2) is 24.3 Å². The number of hydrogen-bond acceptors (Lipinski definition) is 2. The molecule has 0 radical (unpaired) electrons. The summed E-state index contributed by atoms with van der Waals surface area (Å²) in [5, 5.41) is 8.26. The van der Waals surface area contributed by atoms with Crippen LogP contribution in [0.3, 0.4) is 0 Å². The van der Waals surface area contributed by atoms with Gasteiger partial charge >= 0.3 is 24.8 Å². The monoisotopic (exact) mass is 252 g/mol. The molecule has 0 fully saturated rings. The van der Waals surface area contributed by atoms with E-state index < -0.39 is 5.97 Å². The van der Waals surface area contributed by atoms with Gasteiger partial charge in [-0.1, -0.05) is 39.0 Å². The third-order valence-corrected chi connectivity index (χ3v) is 1.87. The Hall–Kier alpha value is 0.0274. The van der Waals surface area contributed by atoms with Gasteiger partial charge in [-0.15, -0.1) is 0 Å². The van der Waals surface area contributed by atoms with Gasteiger partial charge in [-0.2, -0.15) is 20.8 Å². The number of unbranched alkanes of at least 4 members (excludes halogenated alkanes) is 5. The Morgan fingerprint density at radius 1 is 1.06 bits per heavy atom.